The number of hydrogen-bond donors (Lipinski definition) is 9. The monoisotopic (exact) mass is 1470 g/mol. The molecule has 11 N–H and O–H groups in total. The summed E-state index contributed by atoms with van der Waals surface area (Å²) in [5, 5.41) is 24.3. The zero-order valence-corrected chi connectivity index (χ0v) is 60.4. The minimum absolute atomic E-state index is 0. The summed E-state index contributed by atoms with van der Waals surface area (Å²) in [4.78, 5) is 167. The second kappa shape index (κ2) is 46.8. The summed E-state index contributed by atoms with van der Waals surface area (Å²) in [7, 11) is 0. The molecule has 28 nitrogen and oxygen atoms in total. The molecular formula is C64H89N10O18Y2-. The molecule has 5 atom stereocenters. The average Bonchev–Trinajstić information content (AvgIpc) is 1.81. The van der Waals surface area contributed by atoms with E-state index >= 15 is 0 Å². The van der Waals surface area contributed by atoms with Gasteiger partial charge in [0.25, 0.3) is 0 Å². The maximum Gasteiger partial charge on any atom is 0.312 e. The van der Waals surface area contributed by atoms with Gasteiger partial charge in [-0.05, 0) is 79.8 Å². The van der Waals surface area contributed by atoms with E-state index < -0.39 is 83.9 Å². The molecule has 30 heteroatoms. The topological polar surface area (TPSA) is 418 Å². The van der Waals surface area contributed by atoms with E-state index in [0.29, 0.717) is 56.4 Å². The van der Waals surface area contributed by atoms with Gasteiger partial charge in [0.1, 0.15) is 37.1 Å². The smallest absolute Gasteiger partial charge is 0.312 e. The second-order valence-electron chi connectivity index (χ2n) is 22.1. The summed E-state index contributed by atoms with van der Waals surface area (Å²) < 4.78 is 22.3. The molecule has 0 saturated heterocycles. The van der Waals surface area contributed by atoms with Crippen LogP contribution in [0.15, 0.2) is 59.7 Å². The van der Waals surface area contributed by atoms with E-state index in [1.807, 2.05) is 13.8 Å². The van der Waals surface area contributed by atoms with Crippen molar-refractivity contribution in [2.24, 2.45) is 35.1 Å². The molecule has 1 unspecified atom stereocenters. The zero-order valence-electron chi connectivity index (χ0n) is 55.7. The van der Waals surface area contributed by atoms with Crippen molar-refractivity contribution in [3.05, 3.63) is 89.9 Å². The Hall–Kier alpha value is -7.26. The molecule has 2 radical (unpaired) electrons. The fourth-order valence-electron chi connectivity index (χ4n) is 8.45. The van der Waals surface area contributed by atoms with Crippen LogP contribution in [-0.2, 0) is 150 Å². The Labute approximate surface area is 600 Å². The van der Waals surface area contributed by atoms with Crippen LogP contribution in [0.2, 0.25) is 0 Å². The van der Waals surface area contributed by atoms with E-state index in [0.717, 1.165) is 20.9 Å². The number of carbonyl (C=O) groups is 14. The fourth-order valence-corrected chi connectivity index (χ4v) is 8.45. The summed E-state index contributed by atoms with van der Waals surface area (Å²) in [5.74, 6) is -6.55. The number of unbranched alkanes of at least 4 members (excludes halogenated alkanes) is 2. The van der Waals surface area contributed by atoms with Crippen molar-refractivity contribution in [2.75, 3.05) is 50.0 Å². The molecule has 0 fully saturated rings. The third-order valence-electron chi connectivity index (χ3n) is 13.9. The number of nitrogens with one attached hydrogen (secondary N) is 6. The molecular weight excluding hydrogens is 1370 g/mol. The number of rotatable bonds is 37. The number of imide groups is 2. The number of urea groups is 2. The molecule has 510 valence electrons. The Morgan fingerprint density at radius 1 is 0.638 bits per heavy atom. The fraction of sp³-hybridized carbons (Fsp3) is 0.516. The van der Waals surface area contributed by atoms with E-state index in [1.54, 1.807) is 62.4 Å². The standard InChI is InChI=1S/C31H43N6O8.C23H33N3O5.C10H12NO5.2Y/c1-19(2)27(36-25(39)10-6-5-7-16-37-26(40)17-20(3)30(37)43)29(42)35-24(9-8-15-33-31(32)44)28(41)34-23-13-11-22(12-14-23)18-45-21(4)38;1-5-21(28)31-14-17-8-10-19(11-9-17)26-22(29)18(7-6-12-25-23(24)30)13-20(27)16(4)15(2)3;1-7-6-8(12)11(10(7)15)3-5-16-4-2-9(13)14;;/h11-14,19,24,27H,5-10,15-16,18H2,1-4H3,(H,34,41)(H,35,42)(H,36,39)(H3,32,33,44);8-11,15-16,18H,4-7,12-14H2,1-3H3,(H3-,24,25,26,29,30);2-5H2,1H3,(H,13,14);;/q-1;;-1;;/p+1/t24-,27-;16-,18+;;;/m00.../s1/i;5T;;;/t;5?,16-,18+;;;. The van der Waals surface area contributed by atoms with Gasteiger partial charge in [-0.15, -0.1) is 0 Å². The Kier molecular flexibility index (Phi) is 42.2. The predicted molar refractivity (Wildman–Crippen MR) is 335 cm³/mol. The van der Waals surface area contributed by atoms with Gasteiger partial charge < -0.3 is 82.1 Å². The first-order valence-corrected chi connectivity index (χ1v) is 30.1. The van der Waals surface area contributed by atoms with Crippen molar-refractivity contribution >= 4 is 94.4 Å². The number of nitrogens with two attached hydrogens (primary N) is 2. The molecule has 94 heavy (non-hydrogen) atoms. The Bertz CT molecular complexity index is 3000. The number of ether oxygens (including phenoxy) is 3. The largest absolute Gasteiger partial charge is 0.481 e. The first-order chi connectivity index (χ1) is 43.8. The van der Waals surface area contributed by atoms with Crippen molar-refractivity contribution in [3.63, 3.8) is 0 Å². The van der Waals surface area contributed by atoms with Gasteiger partial charge in [0, 0.05) is 142 Å². The molecule has 0 bridgehead atoms. The molecule has 2 aromatic carbocycles. The molecule has 0 spiro atoms. The van der Waals surface area contributed by atoms with Gasteiger partial charge in [-0.1, -0.05) is 79.2 Å². The van der Waals surface area contributed by atoms with Crippen molar-refractivity contribution in [3.8, 4) is 0 Å². The Balaban J connectivity index is 0.00000153. The summed E-state index contributed by atoms with van der Waals surface area (Å²) in [5.41, 5.74) is 13.2. The van der Waals surface area contributed by atoms with E-state index in [9.17, 15) is 67.1 Å². The second-order valence-corrected chi connectivity index (χ2v) is 22.1. The van der Waals surface area contributed by atoms with Gasteiger partial charge >= 0.3 is 30.0 Å². The number of benzene rings is 2. The number of aliphatic carboxylic acids is 1. The van der Waals surface area contributed by atoms with Gasteiger partial charge in [0.2, 0.25) is 23.6 Å². The molecule has 0 saturated carbocycles. The zero-order chi connectivity index (χ0) is 69.9. The van der Waals surface area contributed by atoms with Gasteiger partial charge in [0.05, 0.1) is 38.4 Å². The number of carboxylic acid groups (broad SMARTS) is 1. The molecule has 2 aliphatic heterocycles. The van der Waals surface area contributed by atoms with Crippen molar-refractivity contribution < 1.29 is 153 Å². The Morgan fingerprint density at radius 3 is 1.60 bits per heavy atom. The van der Waals surface area contributed by atoms with Gasteiger partial charge in [0.15, 0.2) is 11.7 Å². The van der Waals surface area contributed by atoms with Crippen LogP contribution in [-0.4, -0.2) is 149 Å². The van der Waals surface area contributed by atoms with Crippen LogP contribution >= 0.6 is 0 Å². The maximum atomic E-state index is 13.3. The molecule has 4 rings (SSSR count). The quantitative estimate of drug-likeness (QED) is 0.0198. The molecule has 0 aliphatic carbocycles. The van der Waals surface area contributed by atoms with Gasteiger partial charge in [-0.25, -0.2) is 9.59 Å². The number of amides is 12. The average molecular weight is 1470 g/mol. The number of primary amides is 2. The van der Waals surface area contributed by atoms with E-state index in [1.165, 1.54) is 27.7 Å². The third-order valence-corrected chi connectivity index (χ3v) is 13.9. The molecule has 2 aliphatic rings. The SMILES string of the molecule is CC(=O)OCc1ccc(NC(=O)[C@H](CCCNC(N)=O)NC(=O)[C@@H](NC(=O)CCCCCN2C(=O)[C-]=C(C)C2=O)C(C)C)cc1.CC1=[C-]C(=O)N(CCOCCC(=O)O)C1=O.[3H]C(C)C(=O)OCc1ccc(NC(=O)[C@H](CCCNC(N)=O)CC(=O)[C@@H]([CH2+])C(C)C)cc1.[Y].[Y]. The van der Waals surface area contributed by atoms with Crippen LogP contribution in [0.4, 0.5) is 21.0 Å². The number of nitrogens with zero attached hydrogens (tertiary/aromatic N) is 2. The summed E-state index contributed by atoms with van der Waals surface area (Å²) in [6.07, 6.45) is 7.04. The van der Waals surface area contributed by atoms with Crippen LogP contribution in [0.5, 0.6) is 0 Å². The third kappa shape index (κ3) is 34.8. The molecule has 12 amide bonds. The Morgan fingerprint density at radius 2 is 1.14 bits per heavy atom. The maximum absolute atomic E-state index is 13.3. The number of carbonyl (C=O) groups excluding carboxylic acids is 13. The van der Waals surface area contributed by atoms with Gasteiger partial charge in [-0.3, -0.25) is 47.9 Å². The first kappa shape index (κ1) is 84.7. The number of esters is 2. The van der Waals surface area contributed by atoms with Gasteiger partial charge in [-0.2, -0.15) is 23.3 Å². The van der Waals surface area contributed by atoms with Crippen LogP contribution in [0.3, 0.4) is 0 Å². The van der Waals surface area contributed by atoms with Crippen LogP contribution in [0.1, 0.15) is 138 Å². The summed E-state index contributed by atoms with van der Waals surface area (Å²) in [6.45, 7) is 18.3. The van der Waals surface area contributed by atoms with Crippen molar-refractivity contribution in [2.45, 2.75) is 151 Å². The van der Waals surface area contributed by atoms with E-state index in [-0.39, 0.29) is 190 Å². The minimum Gasteiger partial charge on any atom is -0.481 e. The number of ketones is 1. The molecule has 2 heterocycles. The number of carboxylic acids is 1. The van der Waals surface area contributed by atoms with Crippen molar-refractivity contribution in [1.82, 2.24) is 31.1 Å². The summed E-state index contributed by atoms with van der Waals surface area (Å²) in [6, 6.07) is 10.2. The van der Waals surface area contributed by atoms with E-state index in [2.05, 4.69) is 51.0 Å². The number of anilines is 2. The van der Waals surface area contributed by atoms with E-state index in [4.69, 9.17) is 32.2 Å². The first-order valence-electron chi connectivity index (χ1n) is 30.7. The molecule has 2 aromatic rings. The van der Waals surface area contributed by atoms with Crippen LogP contribution < -0.4 is 43.4 Å². The summed E-state index contributed by atoms with van der Waals surface area (Å²) >= 11 is 0. The number of hydrogen-bond acceptors (Lipinski definition) is 17. The van der Waals surface area contributed by atoms with Crippen molar-refractivity contribution in [1.29, 1.82) is 0 Å². The minimum atomic E-state index is -0.988. The predicted octanol–water partition coefficient (Wildman–Crippen LogP) is 4.24. The molecule has 0 aromatic heterocycles. The van der Waals surface area contributed by atoms with Crippen LogP contribution in [0.25, 0.3) is 0 Å². The number of Topliss-reactive ketones (excluding diaryl/α,β-unsaturated/α-hetero) is 1. The van der Waals surface area contributed by atoms with Crippen LogP contribution in [0, 0.1) is 42.7 Å². The normalized spacial score (nSPS) is 14.0.